The normalized spacial score (nSPS) is 10.7. The third-order valence-electron chi connectivity index (χ3n) is 3.15. The van der Waals surface area contributed by atoms with Gasteiger partial charge in [-0.1, -0.05) is 0 Å². The minimum absolute atomic E-state index is 0. The van der Waals surface area contributed by atoms with E-state index in [0.717, 1.165) is 6.54 Å². The molecule has 4 nitrogen and oxygen atoms in total. The first-order valence-electron chi connectivity index (χ1n) is 7.38. The van der Waals surface area contributed by atoms with Crippen LogP contribution in [0.4, 0.5) is 4.39 Å². The van der Waals surface area contributed by atoms with Crippen molar-refractivity contribution < 1.29 is 4.39 Å². The Hall–Kier alpha value is -1.66. The average Bonchev–Trinajstić information content (AvgIpc) is 2.97. The van der Waals surface area contributed by atoms with Gasteiger partial charge < -0.3 is 10.6 Å². The number of benzene rings is 1. The van der Waals surface area contributed by atoms with E-state index < -0.39 is 0 Å². The molecule has 0 aliphatic carbocycles. The summed E-state index contributed by atoms with van der Waals surface area (Å²) < 4.78 is 13.8. The molecule has 2 N–H and O–H groups in total. The maximum absolute atomic E-state index is 13.8. The Bertz CT molecular complexity index is 736. The van der Waals surface area contributed by atoms with Crippen LogP contribution in [0.3, 0.4) is 0 Å². The summed E-state index contributed by atoms with van der Waals surface area (Å²) in [6.45, 7) is 5.61. The Kier molecular flexibility index (Phi) is 8.71. The van der Waals surface area contributed by atoms with Crippen LogP contribution in [0.2, 0.25) is 0 Å². The molecule has 1 heterocycles. The van der Waals surface area contributed by atoms with Gasteiger partial charge >= 0.3 is 0 Å². The number of hydrogen-bond donors (Lipinski definition) is 2. The third kappa shape index (κ3) is 6.09. The standard InChI is InChI=1S/C17H19FN4S.HI/c1-3-20-17(22-11-15-6-4-12(2)23-15)21-10-14-8-13(9-19)5-7-16(14)18;/h4-8H,3,10-11H2,1-2H3,(H2,20,21,22);1H. The molecule has 24 heavy (non-hydrogen) atoms. The zero-order valence-corrected chi connectivity index (χ0v) is 16.7. The van der Waals surface area contributed by atoms with Gasteiger partial charge in [0.25, 0.3) is 0 Å². The second kappa shape index (κ2) is 10.3. The Morgan fingerprint density at radius 2 is 2.08 bits per heavy atom. The van der Waals surface area contributed by atoms with Crippen molar-refractivity contribution in [2.24, 2.45) is 4.99 Å². The summed E-state index contributed by atoms with van der Waals surface area (Å²) in [6, 6.07) is 10.5. The molecular formula is C17H20FIN4S. The highest BCUT2D eigenvalue weighted by Gasteiger charge is 2.05. The van der Waals surface area contributed by atoms with Crippen LogP contribution in [0.5, 0.6) is 0 Å². The Morgan fingerprint density at radius 3 is 2.71 bits per heavy atom. The predicted molar refractivity (Wildman–Crippen MR) is 107 cm³/mol. The van der Waals surface area contributed by atoms with Crippen molar-refractivity contribution in [2.75, 3.05) is 6.54 Å². The van der Waals surface area contributed by atoms with Crippen LogP contribution >= 0.6 is 35.3 Å². The first-order chi connectivity index (χ1) is 11.1. The number of thiophene rings is 1. The van der Waals surface area contributed by atoms with E-state index in [1.54, 1.807) is 11.3 Å². The van der Waals surface area contributed by atoms with Crippen LogP contribution in [0.15, 0.2) is 35.3 Å². The lowest BCUT2D eigenvalue weighted by atomic mass is 10.1. The fraction of sp³-hybridized carbons (Fsp3) is 0.294. The summed E-state index contributed by atoms with van der Waals surface area (Å²) in [5.74, 6) is 0.276. The van der Waals surface area contributed by atoms with Crippen LogP contribution in [0.25, 0.3) is 0 Å². The van der Waals surface area contributed by atoms with E-state index in [1.165, 1.54) is 28.0 Å². The number of rotatable bonds is 5. The molecule has 0 fully saturated rings. The van der Waals surface area contributed by atoms with Crippen LogP contribution < -0.4 is 10.6 Å². The molecule has 0 unspecified atom stereocenters. The molecule has 0 atom stereocenters. The number of halogens is 2. The van der Waals surface area contributed by atoms with Gasteiger partial charge in [-0.2, -0.15) is 5.26 Å². The molecule has 2 aromatic rings. The predicted octanol–water partition coefficient (Wildman–Crippen LogP) is 3.94. The Labute approximate surface area is 162 Å². The molecule has 1 aromatic carbocycles. The van der Waals surface area contributed by atoms with E-state index in [1.807, 2.05) is 13.0 Å². The highest BCUT2D eigenvalue weighted by Crippen LogP contribution is 2.14. The van der Waals surface area contributed by atoms with E-state index in [9.17, 15) is 4.39 Å². The SMILES string of the molecule is CCNC(=NCc1cc(C#N)ccc1F)NCc1ccc(C)s1.I. The second-order valence-corrected chi connectivity index (χ2v) is 6.35. The van der Waals surface area contributed by atoms with Crippen molar-refractivity contribution in [1.29, 1.82) is 5.26 Å². The summed E-state index contributed by atoms with van der Waals surface area (Å²) in [7, 11) is 0. The molecule has 0 saturated carbocycles. The first kappa shape index (κ1) is 20.4. The molecule has 0 aliphatic rings. The number of nitriles is 1. The number of aliphatic imine (C=N–C) groups is 1. The van der Waals surface area contributed by atoms with Crippen molar-refractivity contribution in [3.8, 4) is 6.07 Å². The number of nitrogens with one attached hydrogen (secondary N) is 2. The smallest absolute Gasteiger partial charge is 0.191 e. The Morgan fingerprint density at radius 1 is 1.29 bits per heavy atom. The second-order valence-electron chi connectivity index (χ2n) is 4.98. The molecule has 1 aromatic heterocycles. The van der Waals surface area contributed by atoms with E-state index >= 15 is 0 Å². The van der Waals surface area contributed by atoms with Crippen molar-refractivity contribution in [3.05, 3.63) is 57.0 Å². The van der Waals surface area contributed by atoms with E-state index in [-0.39, 0.29) is 36.3 Å². The summed E-state index contributed by atoms with van der Waals surface area (Å²) >= 11 is 1.73. The molecule has 7 heteroatoms. The maximum Gasteiger partial charge on any atom is 0.191 e. The minimum atomic E-state index is -0.350. The van der Waals surface area contributed by atoms with Crippen molar-refractivity contribution in [2.45, 2.75) is 26.9 Å². The molecule has 0 bridgehead atoms. The number of aryl methyl sites for hydroxylation is 1. The molecular weight excluding hydrogens is 438 g/mol. The van der Waals surface area contributed by atoms with Crippen molar-refractivity contribution >= 4 is 41.3 Å². The van der Waals surface area contributed by atoms with Crippen LogP contribution in [0.1, 0.15) is 27.8 Å². The molecule has 0 spiro atoms. The van der Waals surface area contributed by atoms with Gasteiger partial charge in [0.15, 0.2) is 5.96 Å². The fourth-order valence-corrected chi connectivity index (χ4v) is 2.85. The van der Waals surface area contributed by atoms with Gasteiger partial charge in [-0.05, 0) is 44.2 Å². The van der Waals surface area contributed by atoms with Crippen molar-refractivity contribution in [1.82, 2.24) is 10.6 Å². The van der Waals surface area contributed by atoms with Gasteiger partial charge in [0.1, 0.15) is 5.82 Å². The lowest BCUT2D eigenvalue weighted by Gasteiger charge is -2.10. The number of nitrogens with zero attached hydrogens (tertiary/aromatic N) is 2. The lowest BCUT2D eigenvalue weighted by molar-refractivity contribution is 0.610. The highest BCUT2D eigenvalue weighted by molar-refractivity contribution is 14.0. The van der Waals surface area contributed by atoms with Gasteiger partial charge in [-0.25, -0.2) is 9.38 Å². The highest BCUT2D eigenvalue weighted by atomic mass is 127. The molecule has 2 rings (SSSR count). The molecule has 128 valence electrons. The first-order valence-corrected chi connectivity index (χ1v) is 8.20. The van der Waals surface area contributed by atoms with Crippen LogP contribution in [0, 0.1) is 24.1 Å². The van der Waals surface area contributed by atoms with E-state index in [0.29, 0.717) is 23.6 Å². The topological polar surface area (TPSA) is 60.2 Å². The average molecular weight is 458 g/mol. The van der Waals surface area contributed by atoms with Gasteiger partial charge in [-0.15, -0.1) is 35.3 Å². The zero-order valence-electron chi connectivity index (χ0n) is 13.6. The summed E-state index contributed by atoms with van der Waals surface area (Å²) in [5, 5.41) is 15.3. The lowest BCUT2D eigenvalue weighted by Crippen LogP contribution is -2.36. The van der Waals surface area contributed by atoms with Crippen LogP contribution in [-0.4, -0.2) is 12.5 Å². The zero-order chi connectivity index (χ0) is 16.7. The van der Waals surface area contributed by atoms with Gasteiger partial charge in [0.2, 0.25) is 0 Å². The maximum atomic E-state index is 13.8. The monoisotopic (exact) mass is 458 g/mol. The van der Waals surface area contributed by atoms with Crippen molar-refractivity contribution in [3.63, 3.8) is 0 Å². The van der Waals surface area contributed by atoms with Crippen LogP contribution in [-0.2, 0) is 13.1 Å². The summed E-state index contributed by atoms with van der Waals surface area (Å²) in [6.07, 6.45) is 0. The quantitative estimate of drug-likeness (QED) is 0.406. The molecule has 0 amide bonds. The van der Waals surface area contributed by atoms with Gasteiger partial charge in [0.05, 0.1) is 24.7 Å². The van der Waals surface area contributed by atoms with Gasteiger partial charge in [-0.3, -0.25) is 0 Å². The Balaban J connectivity index is 0.00000288. The van der Waals surface area contributed by atoms with Gasteiger partial charge in [0, 0.05) is 21.9 Å². The third-order valence-corrected chi connectivity index (χ3v) is 4.15. The largest absolute Gasteiger partial charge is 0.357 e. The molecule has 0 saturated heterocycles. The summed E-state index contributed by atoms with van der Waals surface area (Å²) in [4.78, 5) is 6.87. The van der Waals surface area contributed by atoms with E-state index in [2.05, 4.69) is 34.7 Å². The van der Waals surface area contributed by atoms with E-state index in [4.69, 9.17) is 5.26 Å². The number of guanidine groups is 1. The summed E-state index contributed by atoms with van der Waals surface area (Å²) in [5.41, 5.74) is 0.844. The minimum Gasteiger partial charge on any atom is -0.357 e. The molecule has 0 radical (unpaired) electrons. The molecule has 0 aliphatic heterocycles. The number of hydrogen-bond acceptors (Lipinski definition) is 3. The fourth-order valence-electron chi connectivity index (χ4n) is 2.02.